The minimum absolute atomic E-state index is 0.0868. The number of aromatic nitrogens is 1. The van der Waals surface area contributed by atoms with Crippen LogP contribution >= 0.6 is 22.7 Å². The van der Waals surface area contributed by atoms with E-state index in [1.54, 1.807) is 11.1 Å². The Morgan fingerprint density at radius 3 is 3.00 bits per heavy atom. The fraction of sp³-hybridized carbons (Fsp3) is 0.273. The number of amides is 1. The second-order valence-corrected chi connectivity index (χ2v) is 5.40. The average Bonchev–Trinajstić information content (AvgIpc) is 2.94. The molecule has 0 radical (unpaired) electrons. The molecular formula is C11H10N2O2S2. The van der Waals surface area contributed by atoms with Gasteiger partial charge in [0.1, 0.15) is 6.10 Å². The zero-order valence-corrected chi connectivity index (χ0v) is 10.5. The highest BCUT2D eigenvalue weighted by Crippen LogP contribution is 2.21. The highest BCUT2D eigenvalue weighted by atomic mass is 32.1. The van der Waals surface area contributed by atoms with Gasteiger partial charge in [-0.2, -0.15) is 11.3 Å². The first-order chi connectivity index (χ1) is 8.33. The highest BCUT2D eigenvalue weighted by molar-refractivity contribution is 7.11. The van der Waals surface area contributed by atoms with Crippen LogP contribution in [-0.2, 0) is 0 Å². The number of thiophene rings is 1. The molecule has 4 nitrogen and oxygen atoms in total. The second-order valence-electron chi connectivity index (χ2n) is 3.76. The second kappa shape index (κ2) is 4.46. The van der Waals surface area contributed by atoms with E-state index in [2.05, 4.69) is 4.98 Å². The van der Waals surface area contributed by atoms with Gasteiger partial charge in [0, 0.05) is 17.0 Å². The number of hydrogen-bond acceptors (Lipinski definition) is 5. The van der Waals surface area contributed by atoms with Crippen molar-refractivity contribution in [2.24, 2.45) is 0 Å². The van der Waals surface area contributed by atoms with E-state index in [0.29, 0.717) is 18.3 Å². The standard InChI is InChI=1S/C11H10N2O2S2/c14-10(8-1-3-16-7-8)13-5-9(6-13)15-11-12-2-4-17-11/h1-4,7,9H,5-6H2. The van der Waals surface area contributed by atoms with Crippen molar-refractivity contribution in [1.29, 1.82) is 0 Å². The van der Waals surface area contributed by atoms with Gasteiger partial charge in [-0.25, -0.2) is 4.98 Å². The normalized spacial score (nSPS) is 15.6. The fourth-order valence-electron chi connectivity index (χ4n) is 1.66. The lowest BCUT2D eigenvalue weighted by atomic mass is 10.1. The van der Waals surface area contributed by atoms with E-state index in [9.17, 15) is 4.79 Å². The maximum Gasteiger partial charge on any atom is 0.273 e. The smallest absolute Gasteiger partial charge is 0.273 e. The molecule has 0 bridgehead atoms. The zero-order chi connectivity index (χ0) is 11.7. The van der Waals surface area contributed by atoms with Crippen molar-refractivity contribution < 1.29 is 9.53 Å². The van der Waals surface area contributed by atoms with E-state index in [-0.39, 0.29) is 12.0 Å². The molecule has 6 heteroatoms. The van der Waals surface area contributed by atoms with E-state index >= 15 is 0 Å². The Balaban J connectivity index is 1.53. The van der Waals surface area contributed by atoms with Crippen LogP contribution in [-0.4, -0.2) is 35.0 Å². The number of thiazole rings is 1. The van der Waals surface area contributed by atoms with E-state index in [4.69, 9.17) is 4.74 Å². The molecule has 1 amide bonds. The number of carbonyl (C=O) groups is 1. The van der Waals surface area contributed by atoms with Crippen LogP contribution in [0.15, 0.2) is 28.4 Å². The number of rotatable bonds is 3. The maximum absolute atomic E-state index is 11.9. The SMILES string of the molecule is O=C(c1ccsc1)N1CC(Oc2nccs2)C1. The van der Waals surface area contributed by atoms with Crippen molar-refractivity contribution in [1.82, 2.24) is 9.88 Å². The summed E-state index contributed by atoms with van der Waals surface area (Å²) in [7, 11) is 0. The van der Waals surface area contributed by atoms with Gasteiger partial charge in [-0.3, -0.25) is 4.79 Å². The average molecular weight is 266 g/mol. The molecule has 1 aliphatic rings. The molecule has 0 spiro atoms. The minimum atomic E-state index is 0.0868. The summed E-state index contributed by atoms with van der Waals surface area (Å²) < 4.78 is 5.60. The predicted molar refractivity (Wildman–Crippen MR) is 66.8 cm³/mol. The van der Waals surface area contributed by atoms with Gasteiger partial charge in [0.05, 0.1) is 18.7 Å². The molecule has 2 aromatic rings. The molecule has 17 heavy (non-hydrogen) atoms. The minimum Gasteiger partial charge on any atom is -0.463 e. The Morgan fingerprint density at radius 2 is 2.35 bits per heavy atom. The Hall–Kier alpha value is -1.40. The van der Waals surface area contributed by atoms with Gasteiger partial charge >= 0.3 is 0 Å². The van der Waals surface area contributed by atoms with Gasteiger partial charge in [-0.05, 0) is 11.4 Å². The molecule has 0 N–H and O–H groups in total. The molecule has 3 heterocycles. The van der Waals surface area contributed by atoms with Crippen LogP contribution in [0.1, 0.15) is 10.4 Å². The lowest BCUT2D eigenvalue weighted by Gasteiger charge is -2.38. The summed E-state index contributed by atoms with van der Waals surface area (Å²) in [5.74, 6) is 0.0882. The number of ether oxygens (including phenoxy) is 1. The van der Waals surface area contributed by atoms with Crippen molar-refractivity contribution in [3.8, 4) is 5.19 Å². The molecule has 0 aliphatic carbocycles. The first-order valence-electron chi connectivity index (χ1n) is 5.20. The third kappa shape index (κ3) is 2.18. The monoisotopic (exact) mass is 266 g/mol. The molecule has 0 saturated carbocycles. The highest BCUT2D eigenvalue weighted by Gasteiger charge is 2.33. The van der Waals surface area contributed by atoms with Crippen LogP contribution in [0.25, 0.3) is 0 Å². The Labute approximate surface area is 106 Å². The summed E-state index contributed by atoms with van der Waals surface area (Å²) in [6.45, 7) is 1.29. The molecule has 88 valence electrons. The van der Waals surface area contributed by atoms with Crippen molar-refractivity contribution >= 4 is 28.6 Å². The van der Waals surface area contributed by atoms with Crippen LogP contribution in [0.3, 0.4) is 0 Å². The molecule has 1 aliphatic heterocycles. The van der Waals surface area contributed by atoms with Crippen LogP contribution < -0.4 is 4.74 Å². The number of carbonyl (C=O) groups excluding carboxylic acids is 1. The molecular weight excluding hydrogens is 256 g/mol. The van der Waals surface area contributed by atoms with E-state index in [1.165, 1.54) is 22.7 Å². The molecule has 1 saturated heterocycles. The van der Waals surface area contributed by atoms with Gasteiger partial charge in [0.15, 0.2) is 0 Å². The zero-order valence-electron chi connectivity index (χ0n) is 8.91. The summed E-state index contributed by atoms with van der Waals surface area (Å²) >= 11 is 3.01. The van der Waals surface area contributed by atoms with E-state index in [0.717, 1.165) is 5.56 Å². The van der Waals surface area contributed by atoms with Crippen LogP contribution in [0.5, 0.6) is 5.19 Å². The molecule has 1 fully saturated rings. The summed E-state index contributed by atoms with van der Waals surface area (Å²) in [5.41, 5.74) is 0.766. The van der Waals surface area contributed by atoms with Crippen LogP contribution in [0.2, 0.25) is 0 Å². The van der Waals surface area contributed by atoms with Gasteiger partial charge in [0.25, 0.3) is 11.1 Å². The Morgan fingerprint density at radius 1 is 1.47 bits per heavy atom. The molecule has 3 rings (SSSR count). The summed E-state index contributed by atoms with van der Waals surface area (Å²) in [5, 5.41) is 6.34. The van der Waals surface area contributed by atoms with Gasteiger partial charge in [0.2, 0.25) is 0 Å². The predicted octanol–water partition coefficient (Wildman–Crippen LogP) is 2.11. The Kier molecular flexibility index (Phi) is 2.82. The third-order valence-corrected chi connectivity index (χ3v) is 3.92. The Bertz CT molecular complexity index is 490. The van der Waals surface area contributed by atoms with Gasteiger partial charge in [-0.15, -0.1) is 0 Å². The molecule has 0 unspecified atom stereocenters. The molecule has 0 aromatic carbocycles. The first-order valence-corrected chi connectivity index (χ1v) is 7.03. The largest absolute Gasteiger partial charge is 0.463 e. The maximum atomic E-state index is 11.9. The number of hydrogen-bond donors (Lipinski definition) is 0. The fourth-order valence-corrected chi connectivity index (χ4v) is 2.84. The van der Waals surface area contributed by atoms with Crippen LogP contribution in [0, 0.1) is 0 Å². The number of likely N-dealkylation sites (tertiary alicyclic amines) is 1. The first kappa shape index (κ1) is 10.7. The van der Waals surface area contributed by atoms with Crippen LogP contribution in [0.4, 0.5) is 0 Å². The number of nitrogens with zero attached hydrogens (tertiary/aromatic N) is 2. The molecule has 2 aromatic heterocycles. The summed E-state index contributed by atoms with van der Waals surface area (Å²) in [4.78, 5) is 17.7. The van der Waals surface area contributed by atoms with E-state index < -0.39 is 0 Å². The van der Waals surface area contributed by atoms with Crippen molar-refractivity contribution in [3.63, 3.8) is 0 Å². The topological polar surface area (TPSA) is 42.4 Å². The van der Waals surface area contributed by atoms with Crippen molar-refractivity contribution in [2.45, 2.75) is 6.10 Å². The lowest BCUT2D eigenvalue weighted by molar-refractivity contribution is 0.0177. The van der Waals surface area contributed by atoms with Gasteiger partial charge in [-0.1, -0.05) is 11.3 Å². The summed E-state index contributed by atoms with van der Waals surface area (Å²) in [6, 6.07) is 1.85. The van der Waals surface area contributed by atoms with E-state index in [1.807, 2.05) is 22.2 Å². The van der Waals surface area contributed by atoms with Gasteiger partial charge < -0.3 is 9.64 Å². The van der Waals surface area contributed by atoms with Crippen molar-refractivity contribution in [2.75, 3.05) is 13.1 Å². The van der Waals surface area contributed by atoms with Crippen molar-refractivity contribution in [3.05, 3.63) is 34.0 Å². The third-order valence-electron chi connectivity index (χ3n) is 2.58. The summed E-state index contributed by atoms with van der Waals surface area (Å²) in [6.07, 6.45) is 1.80. The molecule has 0 atom stereocenters. The quantitative estimate of drug-likeness (QED) is 0.854. The lowest BCUT2D eigenvalue weighted by Crippen LogP contribution is -2.56.